The number of benzene rings is 1. The number of nitrogens with two attached hydrogens (primary N) is 1. The predicted octanol–water partition coefficient (Wildman–Crippen LogP) is 2.64. The summed E-state index contributed by atoms with van der Waals surface area (Å²) in [7, 11) is 0. The Morgan fingerprint density at radius 2 is 2.05 bits per heavy atom. The summed E-state index contributed by atoms with van der Waals surface area (Å²) in [5, 5.41) is 2.63. The van der Waals surface area contributed by atoms with Crippen molar-refractivity contribution in [3.63, 3.8) is 0 Å². The molecule has 0 saturated heterocycles. The van der Waals surface area contributed by atoms with Crippen LogP contribution in [0.4, 0.5) is 5.69 Å². The number of pyridine rings is 1. The Morgan fingerprint density at radius 1 is 1.25 bits per heavy atom. The minimum atomic E-state index is -0.315. The molecule has 0 fully saturated rings. The van der Waals surface area contributed by atoms with Gasteiger partial charge in [-0.25, -0.2) is 4.57 Å². The van der Waals surface area contributed by atoms with Crippen LogP contribution in [0.3, 0.4) is 0 Å². The molecule has 0 bridgehead atoms. The lowest BCUT2D eigenvalue weighted by Gasteiger charge is -2.10. The number of anilines is 1. The van der Waals surface area contributed by atoms with Crippen molar-refractivity contribution in [2.24, 2.45) is 0 Å². The molecule has 4 nitrogen and oxygen atoms in total. The summed E-state index contributed by atoms with van der Waals surface area (Å²) in [6, 6.07) is 10.5. The highest BCUT2D eigenvalue weighted by Gasteiger charge is 2.16. The van der Waals surface area contributed by atoms with Gasteiger partial charge in [-0.1, -0.05) is 12.1 Å². The van der Waals surface area contributed by atoms with Gasteiger partial charge in [0.2, 0.25) is 0 Å². The van der Waals surface area contributed by atoms with Gasteiger partial charge in [-0.3, -0.25) is 9.59 Å². The minimum absolute atomic E-state index is 0.304. The summed E-state index contributed by atoms with van der Waals surface area (Å²) in [6.07, 6.45) is 0. The van der Waals surface area contributed by atoms with Gasteiger partial charge in [-0.15, -0.1) is 11.3 Å². The largest absolute Gasteiger partial charge is 0.399 e. The summed E-state index contributed by atoms with van der Waals surface area (Å²) >= 11 is 1.31. The van der Waals surface area contributed by atoms with Crippen molar-refractivity contribution < 1.29 is 4.79 Å². The minimum Gasteiger partial charge on any atom is -0.399 e. The average molecular weight is 284 g/mol. The molecule has 0 aliphatic carbocycles. The first kappa shape index (κ1) is 12.6. The summed E-state index contributed by atoms with van der Waals surface area (Å²) in [6.45, 7) is 1.70. The van der Waals surface area contributed by atoms with Crippen LogP contribution in [-0.2, 0) is 0 Å². The van der Waals surface area contributed by atoms with Crippen molar-refractivity contribution in [1.82, 2.24) is 4.57 Å². The quantitative estimate of drug-likeness (QED) is 0.699. The van der Waals surface area contributed by atoms with Crippen LogP contribution in [0.2, 0.25) is 0 Å². The van der Waals surface area contributed by atoms with E-state index in [1.165, 1.54) is 15.9 Å². The summed E-state index contributed by atoms with van der Waals surface area (Å²) in [5.74, 6) is -0.315. The fraction of sp³-hybridized carbons (Fsp3) is 0.0667. The van der Waals surface area contributed by atoms with E-state index in [1.54, 1.807) is 37.3 Å². The van der Waals surface area contributed by atoms with Gasteiger partial charge in [0.1, 0.15) is 0 Å². The number of nitrogen functional groups attached to an aromatic ring is 1. The first-order chi connectivity index (χ1) is 9.58. The Hall–Kier alpha value is -2.40. The van der Waals surface area contributed by atoms with Gasteiger partial charge in [0.15, 0.2) is 0 Å². The Bertz CT molecular complexity index is 863. The molecule has 20 heavy (non-hydrogen) atoms. The Kier molecular flexibility index (Phi) is 2.91. The molecule has 0 unspecified atom stereocenters. The molecule has 5 heteroatoms. The first-order valence-corrected chi connectivity index (χ1v) is 6.96. The number of fused-ring (bicyclic) bond motifs is 1. The summed E-state index contributed by atoms with van der Waals surface area (Å²) in [4.78, 5) is 25.4. The highest BCUT2D eigenvalue weighted by atomic mass is 32.1. The maximum atomic E-state index is 12.5. The third-order valence-corrected chi connectivity index (χ3v) is 4.00. The number of carbonyl (C=O) groups excluding carboxylic acids is 1. The number of aryl methyl sites for hydroxylation is 1. The topological polar surface area (TPSA) is 65.1 Å². The van der Waals surface area contributed by atoms with Gasteiger partial charge in [-0.2, -0.15) is 0 Å². The molecule has 0 spiro atoms. The molecule has 2 N–H and O–H groups in total. The molecule has 0 radical (unpaired) electrons. The van der Waals surface area contributed by atoms with Crippen molar-refractivity contribution in [1.29, 1.82) is 0 Å². The van der Waals surface area contributed by atoms with E-state index in [9.17, 15) is 9.59 Å². The van der Waals surface area contributed by atoms with E-state index in [2.05, 4.69) is 0 Å². The molecule has 3 rings (SSSR count). The lowest BCUT2D eigenvalue weighted by molar-refractivity contribution is 0.0965. The zero-order valence-electron chi connectivity index (χ0n) is 10.8. The van der Waals surface area contributed by atoms with Crippen molar-refractivity contribution in [3.8, 4) is 0 Å². The maximum absolute atomic E-state index is 12.5. The molecule has 0 aliphatic rings. The number of hydrogen-bond donors (Lipinski definition) is 1. The number of rotatable bonds is 1. The summed E-state index contributed by atoms with van der Waals surface area (Å²) in [5.41, 5.74) is 7.07. The smallest absolute Gasteiger partial charge is 0.275 e. The summed E-state index contributed by atoms with van der Waals surface area (Å²) < 4.78 is 1.20. The van der Waals surface area contributed by atoms with E-state index < -0.39 is 0 Å². The Morgan fingerprint density at radius 3 is 2.75 bits per heavy atom. The fourth-order valence-electron chi connectivity index (χ4n) is 2.17. The van der Waals surface area contributed by atoms with Crippen molar-refractivity contribution in [3.05, 3.63) is 62.6 Å². The number of nitrogens with zero attached hydrogens (tertiary/aromatic N) is 1. The second-order valence-electron chi connectivity index (χ2n) is 4.57. The lowest BCUT2D eigenvalue weighted by Crippen LogP contribution is -2.28. The standard InChI is InChI=1S/C15H12N2O2S/c1-9-7-10-4-5-11(16)8-12(10)17(14(9)18)15(19)13-3-2-6-20-13/h2-8H,16H2,1H3. The SMILES string of the molecule is Cc1cc2ccc(N)cc2n(C(=O)c2cccs2)c1=O. The molecule has 2 heterocycles. The van der Waals surface area contributed by atoms with Crippen LogP contribution in [-0.4, -0.2) is 10.5 Å². The van der Waals surface area contributed by atoms with Gasteiger partial charge in [0, 0.05) is 11.3 Å². The van der Waals surface area contributed by atoms with Gasteiger partial charge < -0.3 is 5.73 Å². The number of thiophene rings is 1. The lowest BCUT2D eigenvalue weighted by atomic mass is 10.1. The van der Waals surface area contributed by atoms with Crippen molar-refractivity contribution in [2.45, 2.75) is 6.92 Å². The highest BCUT2D eigenvalue weighted by Crippen LogP contribution is 2.19. The molecular formula is C15H12N2O2S. The molecule has 0 amide bonds. The number of hydrogen-bond acceptors (Lipinski definition) is 4. The molecule has 3 aromatic rings. The molecule has 100 valence electrons. The van der Waals surface area contributed by atoms with Crippen LogP contribution in [0.1, 0.15) is 15.2 Å². The van der Waals surface area contributed by atoms with Crippen LogP contribution in [0, 0.1) is 6.92 Å². The van der Waals surface area contributed by atoms with Crippen molar-refractivity contribution in [2.75, 3.05) is 5.73 Å². The fourth-order valence-corrected chi connectivity index (χ4v) is 2.82. The van der Waals surface area contributed by atoms with Crippen LogP contribution in [0.5, 0.6) is 0 Å². The molecule has 0 saturated carbocycles. The van der Waals surface area contributed by atoms with E-state index in [-0.39, 0.29) is 11.5 Å². The van der Waals surface area contributed by atoms with Gasteiger partial charge in [-0.05, 0) is 42.0 Å². The molecular weight excluding hydrogens is 272 g/mol. The predicted molar refractivity (Wildman–Crippen MR) is 81.4 cm³/mol. The zero-order chi connectivity index (χ0) is 14.3. The third-order valence-electron chi connectivity index (χ3n) is 3.14. The van der Waals surface area contributed by atoms with Gasteiger partial charge in [0.25, 0.3) is 11.5 Å². The zero-order valence-corrected chi connectivity index (χ0v) is 11.6. The van der Waals surface area contributed by atoms with Gasteiger partial charge in [0.05, 0.1) is 10.4 Å². The normalized spacial score (nSPS) is 10.8. The van der Waals surface area contributed by atoms with E-state index in [1.807, 2.05) is 11.4 Å². The monoisotopic (exact) mass is 284 g/mol. The van der Waals surface area contributed by atoms with Gasteiger partial charge >= 0.3 is 0 Å². The van der Waals surface area contributed by atoms with Crippen LogP contribution in [0.15, 0.2) is 46.6 Å². The molecule has 0 atom stereocenters. The average Bonchev–Trinajstić information content (AvgIpc) is 2.94. The Labute approximate surface area is 119 Å². The maximum Gasteiger partial charge on any atom is 0.275 e. The number of aromatic nitrogens is 1. The Balaban J connectivity index is 2.38. The van der Waals surface area contributed by atoms with E-state index >= 15 is 0 Å². The van der Waals surface area contributed by atoms with Crippen LogP contribution in [0.25, 0.3) is 10.9 Å². The molecule has 2 aromatic heterocycles. The second-order valence-corrected chi connectivity index (χ2v) is 5.52. The van der Waals surface area contributed by atoms with Crippen LogP contribution < -0.4 is 11.3 Å². The van der Waals surface area contributed by atoms with Crippen LogP contribution >= 0.6 is 11.3 Å². The van der Waals surface area contributed by atoms with E-state index in [0.717, 1.165) is 5.39 Å². The first-order valence-electron chi connectivity index (χ1n) is 6.08. The number of carbonyl (C=O) groups is 1. The highest BCUT2D eigenvalue weighted by molar-refractivity contribution is 7.12. The van der Waals surface area contributed by atoms with E-state index in [4.69, 9.17) is 5.73 Å². The third kappa shape index (κ3) is 1.92. The van der Waals surface area contributed by atoms with E-state index in [0.29, 0.717) is 21.6 Å². The molecule has 1 aromatic carbocycles. The second kappa shape index (κ2) is 4.61. The molecule has 0 aliphatic heterocycles. The van der Waals surface area contributed by atoms with Crippen molar-refractivity contribution >= 4 is 33.8 Å².